The summed E-state index contributed by atoms with van der Waals surface area (Å²) in [6.45, 7) is 2.61. The molecule has 0 aliphatic carbocycles. The van der Waals surface area contributed by atoms with Crippen LogP contribution in [0.1, 0.15) is 24.0 Å². The number of benzene rings is 2. The summed E-state index contributed by atoms with van der Waals surface area (Å²) in [5.41, 5.74) is 4.61. The molecule has 2 aromatic rings. The van der Waals surface area contributed by atoms with Gasteiger partial charge < -0.3 is 14.2 Å². The van der Waals surface area contributed by atoms with Crippen LogP contribution in [0.25, 0.3) is 0 Å². The fraction of sp³-hybridized carbons (Fsp3) is 0.391. The molecule has 0 spiro atoms. The summed E-state index contributed by atoms with van der Waals surface area (Å²) in [5.74, 6) is 1.47. The van der Waals surface area contributed by atoms with E-state index in [4.69, 9.17) is 25.8 Å². The second-order valence-corrected chi connectivity index (χ2v) is 7.81. The quantitative estimate of drug-likeness (QED) is 0.495. The van der Waals surface area contributed by atoms with Crippen LogP contribution in [0.3, 0.4) is 0 Å². The fourth-order valence-electron chi connectivity index (χ4n) is 3.64. The third kappa shape index (κ3) is 6.12. The first-order valence-electron chi connectivity index (χ1n) is 10.1. The van der Waals surface area contributed by atoms with E-state index in [1.807, 2.05) is 24.3 Å². The van der Waals surface area contributed by atoms with Gasteiger partial charge in [0.2, 0.25) is 11.7 Å². The molecular weight excluding hydrogens is 418 g/mol. The number of hydrogen-bond acceptors (Lipinski definition) is 6. The molecule has 1 aliphatic rings. The van der Waals surface area contributed by atoms with Crippen LogP contribution in [0, 0.1) is 5.92 Å². The van der Waals surface area contributed by atoms with Crippen LogP contribution in [-0.2, 0) is 11.3 Å². The highest BCUT2D eigenvalue weighted by molar-refractivity contribution is 6.30. The van der Waals surface area contributed by atoms with Gasteiger partial charge in [0.1, 0.15) is 0 Å². The number of nitrogens with zero attached hydrogens (tertiary/aromatic N) is 2. The van der Waals surface area contributed by atoms with Gasteiger partial charge in [-0.05, 0) is 55.8 Å². The van der Waals surface area contributed by atoms with Crippen LogP contribution < -0.4 is 19.6 Å². The summed E-state index contributed by atoms with van der Waals surface area (Å²) >= 11 is 5.95. The first kappa shape index (κ1) is 22.9. The average molecular weight is 446 g/mol. The molecular formula is C23H28ClN3O4. The lowest BCUT2D eigenvalue weighted by Crippen LogP contribution is -2.39. The van der Waals surface area contributed by atoms with Crippen molar-refractivity contribution in [2.75, 3.05) is 34.4 Å². The number of carbonyl (C=O) groups is 1. The maximum Gasteiger partial charge on any atom is 0.243 e. The summed E-state index contributed by atoms with van der Waals surface area (Å²) < 4.78 is 16.0. The minimum atomic E-state index is -0.0603. The van der Waals surface area contributed by atoms with Crippen molar-refractivity contribution in [2.45, 2.75) is 19.4 Å². The molecule has 166 valence electrons. The number of ether oxygens (including phenoxy) is 3. The molecule has 1 fully saturated rings. The highest BCUT2D eigenvalue weighted by Crippen LogP contribution is 2.37. The Balaban J connectivity index is 1.51. The van der Waals surface area contributed by atoms with Gasteiger partial charge in [-0.3, -0.25) is 9.69 Å². The van der Waals surface area contributed by atoms with Crippen molar-refractivity contribution in [1.29, 1.82) is 0 Å². The number of methoxy groups -OCH3 is 3. The van der Waals surface area contributed by atoms with Gasteiger partial charge in [-0.2, -0.15) is 5.10 Å². The summed E-state index contributed by atoms with van der Waals surface area (Å²) in [7, 11) is 4.66. The van der Waals surface area contributed by atoms with E-state index in [2.05, 4.69) is 15.4 Å². The lowest BCUT2D eigenvalue weighted by Gasteiger charge is -2.30. The first-order chi connectivity index (χ1) is 15.0. The van der Waals surface area contributed by atoms with Gasteiger partial charge in [-0.25, -0.2) is 5.43 Å². The highest BCUT2D eigenvalue weighted by Gasteiger charge is 2.24. The normalized spacial score (nSPS) is 15.1. The van der Waals surface area contributed by atoms with E-state index in [1.54, 1.807) is 39.7 Å². The third-order valence-electron chi connectivity index (χ3n) is 5.35. The van der Waals surface area contributed by atoms with E-state index in [0.29, 0.717) is 17.2 Å². The minimum absolute atomic E-state index is 0.0430. The molecule has 31 heavy (non-hydrogen) atoms. The number of halogens is 1. The number of nitrogens with one attached hydrogen (secondary N) is 1. The van der Waals surface area contributed by atoms with E-state index >= 15 is 0 Å². The highest BCUT2D eigenvalue weighted by atomic mass is 35.5. The zero-order valence-corrected chi connectivity index (χ0v) is 18.8. The van der Waals surface area contributed by atoms with Gasteiger partial charge in [0.05, 0.1) is 27.5 Å². The number of rotatable bonds is 8. The summed E-state index contributed by atoms with van der Waals surface area (Å²) in [6, 6.07) is 11.4. The van der Waals surface area contributed by atoms with Crippen LogP contribution >= 0.6 is 11.6 Å². The largest absolute Gasteiger partial charge is 0.493 e. The fourth-order valence-corrected chi connectivity index (χ4v) is 3.76. The standard InChI is InChI=1S/C23H28ClN3O4/c1-29-20-12-17(13-21(30-2)22(20)31-3)14-25-26-23(28)18-8-10-27(11-9-18)15-16-4-6-19(24)7-5-16/h4-7,12-14,18H,8-11,15H2,1-3H3,(H,26,28)/b25-14-. The van der Waals surface area contributed by atoms with Gasteiger partial charge in [0.15, 0.2) is 11.5 Å². The van der Waals surface area contributed by atoms with Crippen molar-refractivity contribution < 1.29 is 19.0 Å². The zero-order valence-electron chi connectivity index (χ0n) is 18.1. The van der Waals surface area contributed by atoms with E-state index in [1.165, 1.54) is 5.56 Å². The number of amides is 1. The van der Waals surface area contributed by atoms with Crippen LogP contribution in [0.2, 0.25) is 5.02 Å². The third-order valence-corrected chi connectivity index (χ3v) is 5.61. The predicted molar refractivity (Wildman–Crippen MR) is 121 cm³/mol. The Morgan fingerprint density at radius 3 is 2.26 bits per heavy atom. The molecule has 0 bridgehead atoms. The monoisotopic (exact) mass is 445 g/mol. The van der Waals surface area contributed by atoms with Crippen molar-refractivity contribution in [3.05, 3.63) is 52.5 Å². The molecule has 1 saturated heterocycles. The van der Waals surface area contributed by atoms with Gasteiger partial charge in [-0.1, -0.05) is 23.7 Å². The molecule has 1 N–H and O–H groups in total. The Morgan fingerprint density at radius 2 is 1.71 bits per heavy atom. The Bertz CT molecular complexity index is 885. The lowest BCUT2D eigenvalue weighted by molar-refractivity contribution is -0.126. The maximum atomic E-state index is 12.5. The van der Waals surface area contributed by atoms with Crippen LogP contribution in [-0.4, -0.2) is 51.4 Å². The van der Waals surface area contributed by atoms with Gasteiger partial charge >= 0.3 is 0 Å². The first-order valence-corrected chi connectivity index (χ1v) is 10.5. The van der Waals surface area contributed by atoms with Crippen molar-refractivity contribution in [1.82, 2.24) is 10.3 Å². The molecule has 1 aliphatic heterocycles. The van der Waals surface area contributed by atoms with Crippen molar-refractivity contribution in [3.63, 3.8) is 0 Å². The number of hydrogen-bond donors (Lipinski definition) is 1. The number of carbonyl (C=O) groups excluding carboxylic acids is 1. The van der Waals surface area contributed by atoms with Gasteiger partial charge in [0.25, 0.3) is 0 Å². The molecule has 0 unspecified atom stereocenters. The Hall–Kier alpha value is -2.77. The molecule has 1 heterocycles. The summed E-state index contributed by atoms with van der Waals surface area (Å²) in [6.07, 6.45) is 3.18. The minimum Gasteiger partial charge on any atom is -0.493 e. The summed E-state index contributed by atoms with van der Waals surface area (Å²) in [4.78, 5) is 14.9. The van der Waals surface area contributed by atoms with Gasteiger partial charge in [-0.15, -0.1) is 0 Å². The molecule has 3 rings (SSSR count). The van der Waals surface area contributed by atoms with E-state index in [0.717, 1.165) is 43.1 Å². The van der Waals surface area contributed by atoms with Crippen molar-refractivity contribution in [3.8, 4) is 17.2 Å². The van der Waals surface area contributed by atoms with Crippen LogP contribution in [0.15, 0.2) is 41.5 Å². The number of likely N-dealkylation sites (tertiary alicyclic amines) is 1. The SMILES string of the molecule is COc1cc(/C=N\NC(=O)C2CCN(Cc3ccc(Cl)cc3)CC2)cc(OC)c1OC. The van der Waals surface area contributed by atoms with Crippen LogP contribution in [0.5, 0.6) is 17.2 Å². The maximum absolute atomic E-state index is 12.5. The molecule has 0 saturated carbocycles. The molecule has 0 aromatic heterocycles. The second kappa shape index (κ2) is 11.0. The Morgan fingerprint density at radius 1 is 1.10 bits per heavy atom. The predicted octanol–water partition coefficient (Wildman–Crippen LogP) is 3.73. The number of piperidine rings is 1. The Labute approximate surface area is 187 Å². The molecule has 2 aromatic carbocycles. The van der Waals surface area contributed by atoms with Crippen molar-refractivity contribution in [2.24, 2.45) is 11.0 Å². The van der Waals surface area contributed by atoms with Crippen LogP contribution in [0.4, 0.5) is 0 Å². The van der Waals surface area contributed by atoms with E-state index < -0.39 is 0 Å². The smallest absolute Gasteiger partial charge is 0.243 e. The molecule has 7 nitrogen and oxygen atoms in total. The van der Waals surface area contributed by atoms with Crippen molar-refractivity contribution >= 4 is 23.7 Å². The number of hydrazone groups is 1. The lowest BCUT2D eigenvalue weighted by atomic mass is 9.96. The topological polar surface area (TPSA) is 72.4 Å². The zero-order chi connectivity index (χ0) is 22.2. The molecule has 1 amide bonds. The average Bonchev–Trinajstić information content (AvgIpc) is 2.80. The molecule has 0 atom stereocenters. The second-order valence-electron chi connectivity index (χ2n) is 7.37. The Kier molecular flexibility index (Phi) is 8.14. The van der Waals surface area contributed by atoms with E-state index in [9.17, 15) is 4.79 Å². The van der Waals surface area contributed by atoms with Gasteiger partial charge in [0, 0.05) is 23.0 Å². The van der Waals surface area contributed by atoms with E-state index in [-0.39, 0.29) is 11.8 Å². The summed E-state index contributed by atoms with van der Waals surface area (Å²) in [5, 5.41) is 4.86. The molecule has 8 heteroatoms. The molecule has 0 radical (unpaired) electrons.